The van der Waals surface area contributed by atoms with Crippen LogP contribution in [0.15, 0.2) is 0 Å². The Hall–Kier alpha value is -0.120. The number of β-amino-alcohol motifs (C(OH)–C–C–N with tert-alkyl or cyclic N) is 1. The summed E-state index contributed by atoms with van der Waals surface area (Å²) in [5.41, 5.74) is 0. The Morgan fingerprint density at radius 2 is 2.22 bits per heavy atom. The zero-order valence-electron chi connectivity index (χ0n) is 5.62. The molecule has 0 aromatic carbocycles. The molecule has 3 nitrogen and oxygen atoms in total. The van der Waals surface area contributed by atoms with Crippen LogP contribution >= 0.6 is 0 Å². The molecule has 0 aromatic rings. The summed E-state index contributed by atoms with van der Waals surface area (Å²) in [4.78, 5) is 2.02. The standard InChI is InChI=1S/C6H13NO2/c1-7-2-5(4-8)6(9)3-7/h5-6,8-9H,2-4H2,1H3/t5-,6-/m1/s1. The number of likely N-dealkylation sites (tertiary alicyclic amines) is 1. The van der Waals surface area contributed by atoms with Crippen molar-refractivity contribution in [2.45, 2.75) is 6.10 Å². The Morgan fingerprint density at radius 3 is 2.44 bits per heavy atom. The minimum absolute atomic E-state index is 0.0787. The van der Waals surface area contributed by atoms with Crippen LogP contribution in [0.1, 0.15) is 0 Å². The molecule has 0 amide bonds. The van der Waals surface area contributed by atoms with E-state index in [0.29, 0.717) is 6.54 Å². The van der Waals surface area contributed by atoms with E-state index in [1.165, 1.54) is 0 Å². The minimum atomic E-state index is -0.319. The number of aliphatic hydroxyl groups is 2. The van der Waals surface area contributed by atoms with Crippen molar-refractivity contribution in [3.05, 3.63) is 0 Å². The molecule has 1 fully saturated rings. The number of likely N-dealkylation sites (N-methyl/N-ethyl adjacent to an activating group) is 1. The normalized spacial score (nSPS) is 37.7. The van der Waals surface area contributed by atoms with Gasteiger partial charge in [0.2, 0.25) is 0 Å². The molecule has 0 bridgehead atoms. The van der Waals surface area contributed by atoms with Gasteiger partial charge < -0.3 is 15.1 Å². The van der Waals surface area contributed by atoms with Gasteiger partial charge in [0.25, 0.3) is 0 Å². The van der Waals surface area contributed by atoms with E-state index in [1.54, 1.807) is 0 Å². The molecule has 0 spiro atoms. The Kier molecular flexibility index (Phi) is 2.05. The molecule has 54 valence electrons. The SMILES string of the molecule is CN1C[C@H](CO)[C@H](O)C1. The van der Waals surface area contributed by atoms with Crippen molar-refractivity contribution in [1.29, 1.82) is 0 Å². The molecular weight excluding hydrogens is 118 g/mol. The lowest BCUT2D eigenvalue weighted by atomic mass is 10.1. The largest absolute Gasteiger partial charge is 0.396 e. The van der Waals surface area contributed by atoms with Crippen LogP contribution in [0.5, 0.6) is 0 Å². The van der Waals surface area contributed by atoms with Crippen molar-refractivity contribution in [3.63, 3.8) is 0 Å². The van der Waals surface area contributed by atoms with Crippen LogP contribution in [0, 0.1) is 5.92 Å². The topological polar surface area (TPSA) is 43.7 Å². The van der Waals surface area contributed by atoms with Crippen molar-refractivity contribution >= 4 is 0 Å². The average molecular weight is 131 g/mol. The van der Waals surface area contributed by atoms with Gasteiger partial charge in [-0.05, 0) is 7.05 Å². The summed E-state index contributed by atoms with van der Waals surface area (Å²) in [6.45, 7) is 1.62. The highest BCUT2D eigenvalue weighted by molar-refractivity contribution is 4.80. The molecule has 1 heterocycles. The van der Waals surface area contributed by atoms with Gasteiger partial charge >= 0.3 is 0 Å². The van der Waals surface area contributed by atoms with E-state index >= 15 is 0 Å². The van der Waals surface area contributed by atoms with E-state index in [0.717, 1.165) is 6.54 Å². The lowest BCUT2D eigenvalue weighted by molar-refractivity contribution is 0.103. The van der Waals surface area contributed by atoms with E-state index in [2.05, 4.69) is 0 Å². The maximum absolute atomic E-state index is 9.16. The Balaban J connectivity index is 2.38. The molecule has 1 aliphatic heterocycles. The number of hydrogen-bond donors (Lipinski definition) is 2. The molecule has 0 aliphatic carbocycles. The molecular formula is C6H13NO2. The van der Waals surface area contributed by atoms with Crippen LogP contribution in [0.4, 0.5) is 0 Å². The van der Waals surface area contributed by atoms with Crippen molar-refractivity contribution in [3.8, 4) is 0 Å². The van der Waals surface area contributed by atoms with Crippen molar-refractivity contribution in [2.24, 2.45) is 5.92 Å². The summed E-state index contributed by atoms with van der Waals surface area (Å²) in [7, 11) is 1.94. The molecule has 0 aromatic heterocycles. The molecule has 1 saturated heterocycles. The molecule has 1 rings (SSSR count). The van der Waals surface area contributed by atoms with Crippen LogP contribution < -0.4 is 0 Å². The Bertz CT molecular complexity index is 97.1. The first-order valence-corrected chi connectivity index (χ1v) is 3.21. The Morgan fingerprint density at radius 1 is 1.56 bits per heavy atom. The zero-order valence-corrected chi connectivity index (χ0v) is 5.62. The van der Waals surface area contributed by atoms with Gasteiger partial charge in [0.15, 0.2) is 0 Å². The highest BCUT2D eigenvalue weighted by atomic mass is 16.3. The fourth-order valence-corrected chi connectivity index (χ4v) is 1.24. The number of rotatable bonds is 1. The van der Waals surface area contributed by atoms with Crippen LogP contribution in [0.3, 0.4) is 0 Å². The van der Waals surface area contributed by atoms with E-state index < -0.39 is 0 Å². The van der Waals surface area contributed by atoms with Crippen LogP contribution in [0.2, 0.25) is 0 Å². The number of nitrogens with zero attached hydrogens (tertiary/aromatic N) is 1. The maximum Gasteiger partial charge on any atom is 0.0729 e. The lowest BCUT2D eigenvalue weighted by Crippen LogP contribution is -2.20. The second kappa shape index (κ2) is 2.64. The average Bonchev–Trinajstić information content (AvgIpc) is 2.10. The number of hydrogen-bond acceptors (Lipinski definition) is 3. The van der Waals surface area contributed by atoms with Crippen molar-refractivity contribution in [1.82, 2.24) is 4.90 Å². The quantitative estimate of drug-likeness (QED) is 0.475. The van der Waals surface area contributed by atoms with Crippen molar-refractivity contribution in [2.75, 3.05) is 26.7 Å². The predicted octanol–water partition coefficient (Wildman–Crippen LogP) is -1.10. The monoisotopic (exact) mass is 131 g/mol. The smallest absolute Gasteiger partial charge is 0.0729 e. The minimum Gasteiger partial charge on any atom is -0.396 e. The van der Waals surface area contributed by atoms with E-state index in [4.69, 9.17) is 10.2 Å². The predicted molar refractivity (Wildman–Crippen MR) is 34.1 cm³/mol. The first-order valence-electron chi connectivity index (χ1n) is 3.21. The van der Waals surface area contributed by atoms with Gasteiger partial charge in [-0.3, -0.25) is 0 Å². The van der Waals surface area contributed by atoms with Gasteiger partial charge in [-0.2, -0.15) is 0 Å². The molecule has 1 aliphatic rings. The van der Waals surface area contributed by atoms with Gasteiger partial charge in [0, 0.05) is 25.6 Å². The molecule has 2 atom stereocenters. The summed E-state index contributed by atoms with van der Waals surface area (Å²) in [6, 6.07) is 0. The summed E-state index contributed by atoms with van der Waals surface area (Å²) >= 11 is 0. The summed E-state index contributed by atoms with van der Waals surface area (Å²) in [5.74, 6) is 0.0787. The van der Waals surface area contributed by atoms with Crippen LogP contribution in [-0.2, 0) is 0 Å². The Labute approximate surface area is 54.9 Å². The maximum atomic E-state index is 9.16. The molecule has 0 radical (unpaired) electrons. The molecule has 2 N–H and O–H groups in total. The first-order chi connectivity index (χ1) is 4.24. The second-order valence-corrected chi connectivity index (χ2v) is 2.73. The van der Waals surface area contributed by atoms with Gasteiger partial charge in [-0.1, -0.05) is 0 Å². The summed E-state index contributed by atoms with van der Waals surface area (Å²) in [5, 5.41) is 17.8. The van der Waals surface area contributed by atoms with Gasteiger partial charge in [0.1, 0.15) is 0 Å². The third-order valence-corrected chi connectivity index (χ3v) is 1.82. The second-order valence-electron chi connectivity index (χ2n) is 2.73. The van der Waals surface area contributed by atoms with Crippen LogP contribution in [-0.4, -0.2) is 48.0 Å². The fourth-order valence-electron chi connectivity index (χ4n) is 1.24. The first kappa shape index (κ1) is 6.99. The summed E-state index contributed by atoms with van der Waals surface area (Å²) in [6.07, 6.45) is -0.319. The van der Waals surface area contributed by atoms with Crippen LogP contribution in [0.25, 0.3) is 0 Å². The zero-order chi connectivity index (χ0) is 6.85. The van der Waals surface area contributed by atoms with Crippen molar-refractivity contribution < 1.29 is 10.2 Å². The third-order valence-electron chi connectivity index (χ3n) is 1.82. The molecule has 3 heteroatoms. The van der Waals surface area contributed by atoms with E-state index in [9.17, 15) is 0 Å². The highest BCUT2D eigenvalue weighted by Crippen LogP contribution is 2.13. The molecule has 0 saturated carbocycles. The van der Waals surface area contributed by atoms with Gasteiger partial charge in [0.05, 0.1) is 6.10 Å². The summed E-state index contributed by atoms with van der Waals surface area (Å²) < 4.78 is 0. The van der Waals surface area contributed by atoms with Gasteiger partial charge in [-0.25, -0.2) is 0 Å². The third kappa shape index (κ3) is 1.41. The van der Waals surface area contributed by atoms with E-state index in [1.807, 2.05) is 11.9 Å². The van der Waals surface area contributed by atoms with E-state index in [-0.39, 0.29) is 18.6 Å². The van der Waals surface area contributed by atoms with Gasteiger partial charge in [-0.15, -0.1) is 0 Å². The lowest BCUT2D eigenvalue weighted by Gasteiger charge is -2.07. The molecule has 9 heavy (non-hydrogen) atoms. The molecule has 0 unspecified atom stereocenters. The highest BCUT2D eigenvalue weighted by Gasteiger charge is 2.27. The fraction of sp³-hybridized carbons (Fsp3) is 1.00. The number of aliphatic hydroxyl groups excluding tert-OH is 2.